The van der Waals surface area contributed by atoms with Crippen molar-refractivity contribution in [2.75, 3.05) is 56.8 Å². The molecule has 1 aromatic heterocycles. The number of hydrogen-bond acceptors (Lipinski definition) is 6. The number of hydrogen-bond donors (Lipinski definition) is 1. The summed E-state index contributed by atoms with van der Waals surface area (Å²) in [5, 5.41) is 2.95. The van der Waals surface area contributed by atoms with E-state index in [-0.39, 0.29) is 5.91 Å². The summed E-state index contributed by atoms with van der Waals surface area (Å²) in [7, 11) is 3.30. The summed E-state index contributed by atoms with van der Waals surface area (Å²) < 4.78 is 10.4. The van der Waals surface area contributed by atoms with Gasteiger partial charge in [-0.15, -0.1) is 0 Å². The Hall–Kier alpha value is -2.80. The van der Waals surface area contributed by atoms with Gasteiger partial charge in [0.15, 0.2) is 0 Å². The molecule has 0 spiro atoms. The second-order valence-corrected chi connectivity index (χ2v) is 6.65. The number of piperazine rings is 1. The molecule has 1 aliphatic rings. The maximum Gasteiger partial charge on any atom is 0.222 e. The molecule has 1 fully saturated rings. The van der Waals surface area contributed by atoms with E-state index in [1.165, 1.54) is 0 Å². The smallest absolute Gasteiger partial charge is 0.222 e. The molecule has 7 heteroatoms. The average Bonchev–Trinajstić information content (AvgIpc) is 2.76. The molecule has 1 aliphatic heterocycles. The third-order valence-electron chi connectivity index (χ3n) is 4.88. The first-order chi connectivity index (χ1) is 13.7. The lowest BCUT2D eigenvalue weighted by molar-refractivity contribution is -0.122. The van der Waals surface area contributed by atoms with Gasteiger partial charge in [0.1, 0.15) is 11.6 Å². The number of methoxy groups -OCH3 is 2. The molecule has 1 amide bonds. The highest BCUT2D eigenvalue weighted by Crippen LogP contribution is 2.29. The fraction of sp³-hybridized carbons (Fsp3) is 0.429. The molecule has 7 nitrogen and oxygen atoms in total. The molecule has 3 rings (SSSR count). The molecular formula is C21H28N4O3. The Morgan fingerprint density at radius 2 is 1.82 bits per heavy atom. The Bertz CT molecular complexity index is 776. The number of nitrogens with one attached hydrogen (secondary N) is 1. The first kappa shape index (κ1) is 19.9. The lowest BCUT2D eigenvalue weighted by atomic mass is 10.2. The van der Waals surface area contributed by atoms with Crippen LogP contribution in [0.15, 0.2) is 42.6 Å². The lowest BCUT2D eigenvalue weighted by Crippen LogP contribution is -2.47. The zero-order valence-electron chi connectivity index (χ0n) is 16.6. The van der Waals surface area contributed by atoms with E-state index in [4.69, 9.17) is 9.47 Å². The molecule has 0 unspecified atom stereocenters. The predicted octanol–water partition coefficient (Wildman–Crippen LogP) is 2.07. The van der Waals surface area contributed by atoms with Crippen LogP contribution in [0.5, 0.6) is 5.75 Å². The van der Waals surface area contributed by atoms with Crippen molar-refractivity contribution in [3.05, 3.63) is 48.2 Å². The molecule has 0 radical (unpaired) electrons. The minimum Gasteiger partial charge on any atom is -0.495 e. The molecule has 2 aromatic rings. The SMILES string of the molecule is COCCC(=O)NCc1cccnc1N1CCN(c2ccccc2OC)CC1. The summed E-state index contributed by atoms with van der Waals surface area (Å²) >= 11 is 0. The van der Waals surface area contributed by atoms with E-state index >= 15 is 0 Å². The third kappa shape index (κ3) is 4.92. The summed E-state index contributed by atoms with van der Waals surface area (Å²) in [6.07, 6.45) is 2.17. The highest BCUT2D eigenvalue weighted by Gasteiger charge is 2.22. The summed E-state index contributed by atoms with van der Waals surface area (Å²) in [5.74, 6) is 1.82. The minimum atomic E-state index is -0.0161. The topological polar surface area (TPSA) is 66.9 Å². The first-order valence-electron chi connectivity index (χ1n) is 9.55. The Labute approximate surface area is 166 Å². The van der Waals surface area contributed by atoms with E-state index < -0.39 is 0 Å². The molecule has 0 bridgehead atoms. The van der Waals surface area contributed by atoms with Crippen molar-refractivity contribution < 1.29 is 14.3 Å². The fourth-order valence-corrected chi connectivity index (χ4v) is 3.38. The van der Waals surface area contributed by atoms with Crippen molar-refractivity contribution in [1.29, 1.82) is 0 Å². The van der Waals surface area contributed by atoms with E-state index in [9.17, 15) is 4.79 Å². The zero-order valence-corrected chi connectivity index (χ0v) is 16.6. The van der Waals surface area contributed by atoms with Gasteiger partial charge in [0.05, 0.1) is 19.4 Å². The third-order valence-corrected chi connectivity index (χ3v) is 4.88. The second-order valence-electron chi connectivity index (χ2n) is 6.65. The van der Waals surface area contributed by atoms with Crippen molar-refractivity contribution in [3.63, 3.8) is 0 Å². The van der Waals surface area contributed by atoms with Crippen LogP contribution in [0.3, 0.4) is 0 Å². The largest absolute Gasteiger partial charge is 0.495 e. The van der Waals surface area contributed by atoms with E-state index in [0.29, 0.717) is 19.6 Å². The number of amides is 1. The second kappa shape index (κ2) is 9.94. The number of benzene rings is 1. The Morgan fingerprint density at radius 1 is 1.07 bits per heavy atom. The van der Waals surface area contributed by atoms with Crippen LogP contribution in [0, 0.1) is 0 Å². The predicted molar refractivity (Wildman–Crippen MR) is 110 cm³/mol. The van der Waals surface area contributed by atoms with Crippen molar-refractivity contribution in [1.82, 2.24) is 10.3 Å². The van der Waals surface area contributed by atoms with Gasteiger partial charge >= 0.3 is 0 Å². The summed E-state index contributed by atoms with van der Waals surface area (Å²) in [6.45, 7) is 4.39. The number of para-hydroxylation sites is 2. The number of anilines is 2. The number of aromatic nitrogens is 1. The molecule has 0 atom stereocenters. The molecule has 1 saturated heterocycles. The summed E-state index contributed by atoms with van der Waals surface area (Å²) in [5.41, 5.74) is 2.15. The molecule has 1 aromatic carbocycles. The standard InChI is InChI=1S/C21H28N4O3/c1-27-15-9-20(26)23-16-17-6-5-10-22-21(17)25-13-11-24(12-14-25)18-7-3-4-8-19(18)28-2/h3-8,10H,9,11-16H2,1-2H3,(H,23,26). The Balaban J connectivity index is 1.62. The van der Waals surface area contributed by atoms with E-state index in [1.807, 2.05) is 30.3 Å². The van der Waals surface area contributed by atoms with Crippen LogP contribution in [0.4, 0.5) is 11.5 Å². The fourth-order valence-electron chi connectivity index (χ4n) is 3.38. The molecule has 150 valence electrons. The average molecular weight is 384 g/mol. The van der Waals surface area contributed by atoms with Gasteiger partial charge < -0.3 is 24.6 Å². The van der Waals surface area contributed by atoms with Gasteiger partial charge in [0, 0.05) is 58.0 Å². The molecule has 0 saturated carbocycles. The Morgan fingerprint density at radius 3 is 2.57 bits per heavy atom. The first-order valence-corrected chi connectivity index (χ1v) is 9.55. The van der Waals surface area contributed by atoms with Gasteiger partial charge in [-0.2, -0.15) is 0 Å². The van der Waals surface area contributed by atoms with Crippen molar-refractivity contribution >= 4 is 17.4 Å². The van der Waals surface area contributed by atoms with Gasteiger partial charge in [-0.25, -0.2) is 4.98 Å². The van der Waals surface area contributed by atoms with E-state index in [2.05, 4.69) is 26.2 Å². The Kier molecular flexibility index (Phi) is 7.08. The quantitative estimate of drug-likeness (QED) is 0.752. The van der Waals surface area contributed by atoms with Crippen LogP contribution in [-0.2, 0) is 16.1 Å². The number of rotatable bonds is 8. The normalized spacial score (nSPS) is 14.1. The van der Waals surface area contributed by atoms with E-state index in [0.717, 1.165) is 49.0 Å². The maximum atomic E-state index is 11.9. The number of ether oxygens (including phenoxy) is 2. The highest BCUT2D eigenvalue weighted by molar-refractivity contribution is 5.76. The van der Waals surface area contributed by atoms with Crippen LogP contribution in [-0.4, -0.2) is 57.9 Å². The van der Waals surface area contributed by atoms with Gasteiger partial charge in [0.25, 0.3) is 0 Å². The number of nitrogens with zero attached hydrogens (tertiary/aromatic N) is 3. The van der Waals surface area contributed by atoms with Gasteiger partial charge in [-0.3, -0.25) is 4.79 Å². The zero-order chi connectivity index (χ0) is 19.8. The van der Waals surface area contributed by atoms with Crippen molar-refractivity contribution in [2.24, 2.45) is 0 Å². The molecule has 1 N–H and O–H groups in total. The summed E-state index contributed by atoms with van der Waals surface area (Å²) in [4.78, 5) is 21.1. The van der Waals surface area contributed by atoms with Crippen molar-refractivity contribution in [3.8, 4) is 5.75 Å². The number of carbonyl (C=O) groups excluding carboxylic acids is 1. The molecular weight excluding hydrogens is 356 g/mol. The highest BCUT2D eigenvalue weighted by atomic mass is 16.5. The van der Waals surface area contributed by atoms with Crippen LogP contribution in [0.2, 0.25) is 0 Å². The number of pyridine rings is 1. The van der Waals surface area contributed by atoms with Crippen molar-refractivity contribution in [2.45, 2.75) is 13.0 Å². The summed E-state index contributed by atoms with van der Waals surface area (Å²) in [6, 6.07) is 12.0. The molecule has 2 heterocycles. The van der Waals surface area contributed by atoms with Crippen LogP contribution in [0.25, 0.3) is 0 Å². The van der Waals surface area contributed by atoms with Gasteiger partial charge in [-0.1, -0.05) is 18.2 Å². The lowest BCUT2D eigenvalue weighted by Gasteiger charge is -2.37. The monoisotopic (exact) mass is 384 g/mol. The van der Waals surface area contributed by atoms with Gasteiger partial charge in [-0.05, 0) is 18.2 Å². The van der Waals surface area contributed by atoms with Gasteiger partial charge in [0.2, 0.25) is 5.91 Å². The van der Waals surface area contributed by atoms with E-state index in [1.54, 1.807) is 20.4 Å². The van der Waals surface area contributed by atoms with Crippen LogP contribution >= 0.6 is 0 Å². The van der Waals surface area contributed by atoms with Crippen LogP contribution in [0.1, 0.15) is 12.0 Å². The molecule has 0 aliphatic carbocycles. The maximum absolute atomic E-state index is 11.9. The van der Waals surface area contributed by atoms with Crippen LogP contribution < -0.4 is 19.9 Å². The molecule has 28 heavy (non-hydrogen) atoms. The minimum absolute atomic E-state index is 0.0161. The number of carbonyl (C=O) groups is 1.